The van der Waals surface area contributed by atoms with Gasteiger partial charge in [-0.05, 0) is 30.1 Å². The van der Waals surface area contributed by atoms with E-state index in [0.717, 1.165) is 17.7 Å². The number of alkyl halides is 1. The van der Waals surface area contributed by atoms with E-state index in [1.807, 2.05) is 0 Å². The van der Waals surface area contributed by atoms with Gasteiger partial charge < -0.3 is 0 Å². The highest BCUT2D eigenvalue weighted by atomic mass is 35.5. The van der Waals surface area contributed by atoms with Crippen molar-refractivity contribution in [2.45, 2.75) is 52.9 Å². The van der Waals surface area contributed by atoms with Crippen LogP contribution < -0.4 is 0 Å². The van der Waals surface area contributed by atoms with Crippen LogP contribution in [0.1, 0.15) is 52.9 Å². The second-order valence-corrected chi connectivity index (χ2v) is 5.36. The summed E-state index contributed by atoms with van der Waals surface area (Å²) in [4.78, 5) is 0. The van der Waals surface area contributed by atoms with Gasteiger partial charge in [0.1, 0.15) is 0 Å². The van der Waals surface area contributed by atoms with E-state index in [1.165, 1.54) is 32.1 Å². The van der Waals surface area contributed by atoms with Crippen LogP contribution in [0, 0.1) is 17.3 Å². The Kier molecular flexibility index (Phi) is 4.09. The van der Waals surface area contributed by atoms with Crippen molar-refractivity contribution in [2.75, 3.05) is 5.88 Å². The number of hydrogen-bond donors (Lipinski definition) is 0. The van der Waals surface area contributed by atoms with Gasteiger partial charge in [0.15, 0.2) is 0 Å². The summed E-state index contributed by atoms with van der Waals surface area (Å²) in [5.74, 6) is 2.42. The Labute approximate surface area is 88.1 Å². The van der Waals surface area contributed by atoms with Crippen molar-refractivity contribution >= 4 is 11.6 Å². The summed E-state index contributed by atoms with van der Waals surface area (Å²) in [6.07, 6.45) is 6.92. The van der Waals surface area contributed by atoms with Crippen molar-refractivity contribution in [3.8, 4) is 0 Å². The lowest BCUT2D eigenvalue weighted by Crippen LogP contribution is -2.35. The third kappa shape index (κ3) is 2.40. The first-order chi connectivity index (χ1) is 6.12. The zero-order chi connectivity index (χ0) is 9.90. The Balaban J connectivity index is 2.66. The number of hydrogen-bond acceptors (Lipinski definition) is 0. The van der Waals surface area contributed by atoms with Gasteiger partial charge in [0.25, 0.3) is 0 Å². The lowest BCUT2D eigenvalue weighted by Gasteiger charge is -2.42. The molecule has 0 saturated heterocycles. The zero-order valence-electron chi connectivity index (χ0n) is 9.28. The molecule has 0 heterocycles. The van der Waals surface area contributed by atoms with Crippen molar-refractivity contribution in [3.05, 3.63) is 0 Å². The van der Waals surface area contributed by atoms with Gasteiger partial charge in [-0.1, -0.05) is 40.0 Å². The van der Waals surface area contributed by atoms with E-state index < -0.39 is 0 Å². The Hall–Kier alpha value is 0.290. The largest absolute Gasteiger partial charge is 0.126 e. The SMILES string of the molecule is CC(C)C(C)C1(CCl)CCCCC1. The van der Waals surface area contributed by atoms with E-state index in [2.05, 4.69) is 20.8 Å². The fraction of sp³-hybridized carbons (Fsp3) is 1.00. The Morgan fingerprint density at radius 3 is 2.00 bits per heavy atom. The van der Waals surface area contributed by atoms with Gasteiger partial charge in [0.05, 0.1) is 0 Å². The van der Waals surface area contributed by atoms with Crippen LogP contribution in [0.25, 0.3) is 0 Å². The molecule has 1 aliphatic carbocycles. The van der Waals surface area contributed by atoms with Crippen LogP contribution in [0.2, 0.25) is 0 Å². The molecule has 0 aromatic carbocycles. The van der Waals surface area contributed by atoms with E-state index in [1.54, 1.807) is 0 Å². The fourth-order valence-corrected chi connectivity index (χ4v) is 3.18. The highest BCUT2D eigenvalue weighted by Gasteiger charge is 2.37. The average Bonchev–Trinajstić information content (AvgIpc) is 2.17. The minimum absolute atomic E-state index is 0.466. The van der Waals surface area contributed by atoms with E-state index in [0.29, 0.717) is 5.41 Å². The smallest absolute Gasteiger partial charge is 0.0282 e. The van der Waals surface area contributed by atoms with Crippen LogP contribution in [0.15, 0.2) is 0 Å². The van der Waals surface area contributed by atoms with Crippen molar-refractivity contribution in [1.29, 1.82) is 0 Å². The van der Waals surface area contributed by atoms with Gasteiger partial charge in [-0.15, -0.1) is 11.6 Å². The molecule has 1 atom stereocenters. The highest BCUT2D eigenvalue weighted by Crippen LogP contribution is 2.46. The lowest BCUT2D eigenvalue weighted by molar-refractivity contribution is 0.101. The summed E-state index contributed by atoms with van der Waals surface area (Å²) in [6.45, 7) is 7.04. The molecular formula is C12H23Cl. The predicted octanol–water partition coefficient (Wildman–Crippen LogP) is 4.47. The summed E-state index contributed by atoms with van der Waals surface area (Å²) in [5.41, 5.74) is 0.466. The quantitative estimate of drug-likeness (QED) is 0.593. The maximum Gasteiger partial charge on any atom is 0.0282 e. The predicted molar refractivity (Wildman–Crippen MR) is 60.2 cm³/mol. The third-order valence-corrected chi connectivity index (χ3v) is 4.61. The molecule has 1 unspecified atom stereocenters. The fourth-order valence-electron chi connectivity index (χ4n) is 2.67. The van der Waals surface area contributed by atoms with Crippen LogP contribution in [0.4, 0.5) is 0 Å². The summed E-state index contributed by atoms with van der Waals surface area (Å²) in [5, 5.41) is 0. The molecule has 0 N–H and O–H groups in total. The molecule has 1 aliphatic rings. The van der Waals surface area contributed by atoms with Crippen LogP contribution >= 0.6 is 11.6 Å². The standard InChI is InChI=1S/C12H23Cl/c1-10(2)11(3)12(9-13)7-5-4-6-8-12/h10-11H,4-9H2,1-3H3. The third-order valence-electron chi connectivity index (χ3n) is 4.08. The summed E-state index contributed by atoms with van der Waals surface area (Å²) in [7, 11) is 0. The Morgan fingerprint density at radius 2 is 1.62 bits per heavy atom. The van der Waals surface area contributed by atoms with Crippen molar-refractivity contribution < 1.29 is 0 Å². The zero-order valence-corrected chi connectivity index (χ0v) is 10.0. The molecule has 1 heteroatoms. The van der Waals surface area contributed by atoms with E-state index in [-0.39, 0.29) is 0 Å². The minimum atomic E-state index is 0.466. The van der Waals surface area contributed by atoms with Crippen LogP contribution in [0.5, 0.6) is 0 Å². The first-order valence-corrected chi connectivity index (χ1v) is 6.22. The van der Waals surface area contributed by atoms with Crippen LogP contribution in [-0.2, 0) is 0 Å². The molecule has 13 heavy (non-hydrogen) atoms. The second-order valence-electron chi connectivity index (χ2n) is 5.09. The molecule has 78 valence electrons. The van der Waals surface area contributed by atoms with Gasteiger partial charge in [0.2, 0.25) is 0 Å². The topological polar surface area (TPSA) is 0 Å². The van der Waals surface area contributed by atoms with E-state index >= 15 is 0 Å². The molecule has 0 spiro atoms. The first-order valence-electron chi connectivity index (χ1n) is 5.68. The Bertz CT molecular complexity index is 145. The van der Waals surface area contributed by atoms with Crippen molar-refractivity contribution in [2.24, 2.45) is 17.3 Å². The number of halogens is 1. The number of rotatable bonds is 3. The lowest BCUT2D eigenvalue weighted by atomic mass is 9.64. The molecule has 0 aliphatic heterocycles. The average molecular weight is 203 g/mol. The highest BCUT2D eigenvalue weighted by molar-refractivity contribution is 6.18. The van der Waals surface area contributed by atoms with E-state index in [4.69, 9.17) is 11.6 Å². The molecule has 0 nitrogen and oxygen atoms in total. The Morgan fingerprint density at radius 1 is 1.08 bits per heavy atom. The molecular weight excluding hydrogens is 180 g/mol. The van der Waals surface area contributed by atoms with E-state index in [9.17, 15) is 0 Å². The molecule has 1 fully saturated rings. The molecule has 0 bridgehead atoms. The van der Waals surface area contributed by atoms with Gasteiger partial charge in [-0.3, -0.25) is 0 Å². The molecule has 0 radical (unpaired) electrons. The van der Waals surface area contributed by atoms with Gasteiger partial charge in [-0.2, -0.15) is 0 Å². The molecule has 1 rings (SSSR count). The summed E-state index contributed by atoms with van der Waals surface area (Å²) in [6, 6.07) is 0. The monoisotopic (exact) mass is 202 g/mol. The van der Waals surface area contributed by atoms with Crippen molar-refractivity contribution in [3.63, 3.8) is 0 Å². The van der Waals surface area contributed by atoms with Crippen LogP contribution in [-0.4, -0.2) is 5.88 Å². The molecule has 0 aromatic heterocycles. The van der Waals surface area contributed by atoms with Gasteiger partial charge >= 0.3 is 0 Å². The molecule has 0 amide bonds. The molecule has 1 saturated carbocycles. The minimum Gasteiger partial charge on any atom is -0.126 e. The first kappa shape index (κ1) is 11.4. The normalized spacial score (nSPS) is 24.7. The maximum absolute atomic E-state index is 6.18. The van der Waals surface area contributed by atoms with Crippen LogP contribution in [0.3, 0.4) is 0 Å². The second kappa shape index (κ2) is 4.68. The van der Waals surface area contributed by atoms with Gasteiger partial charge in [-0.25, -0.2) is 0 Å². The molecule has 0 aromatic rings. The maximum atomic E-state index is 6.18. The summed E-state index contributed by atoms with van der Waals surface area (Å²) >= 11 is 6.18. The van der Waals surface area contributed by atoms with Gasteiger partial charge in [0, 0.05) is 5.88 Å². The van der Waals surface area contributed by atoms with Crippen molar-refractivity contribution in [1.82, 2.24) is 0 Å². The summed E-state index contributed by atoms with van der Waals surface area (Å²) < 4.78 is 0.